The van der Waals surface area contributed by atoms with Crippen LogP contribution in [-0.4, -0.2) is 96.4 Å². The van der Waals surface area contributed by atoms with E-state index in [1.54, 1.807) is 11.9 Å². The molecule has 7 nitrogen and oxygen atoms in total. The maximum Gasteiger partial charge on any atom is 0.237 e. The van der Waals surface area contributed by atoms with Crippen LogP contribution >= 0.6 is 0 Å². The Labute approximate surface area is 175 Å². The third-order valence-corrected chi connectivity index (χ3v) is 7.05. The lowest BCUT2D eigenvalue weighted by Crippen LogP contribution is -2.55. The molecule has 0 N–H and O–H groups in total. The molecule has 0 unspecified atom stereocenters. The molecule has 162 valence electrons. The van der Waals surface area contributed by atoms with Gasteiger partial charge in [0, 0.05) is 46.3 Å². The summed E-state index contributed by atoms with van der Waals surface area (Å²) in [5.74, 6) is 0.298. The van der Waals surface area contributed by atoms with Gasteiger partial charge in [0.05, 0.1) is 19.2 Å². The standard InChI is InChI=1S/C22H37N5O2/c1-24(22(19-23)9-5-4-6-10-22)20(28)17-25-13-15-26(16-14-25)18-21(29)27-11-7-2-3-8-12-27/h2-18H2,1H3. The Morgan fingerprint density at radius 2 is 1.34 bits per heavy atom. The lowest BCUT2D eigenvalue weighted by molar-refractivity contribution is -0.137. The molecule has 2 aliphatic heterocycles. The van der Waals surface area contributed by atoms with E-state index in [4.69, 9.17) is 0 Å². The van der Waals surface area contributed by atoms with Crippen molar-refractivity contribution in [1.82, 2.24) is 19.6 Å². The van der Waals surface area contributed by atoms with E-state index in [0.29, 0.717) is 13.1 Å². The molecule has 0 bridgehead atoms. The summed E-state index contributed by atoms with van der Waals surface area (Å²) in [4.78, 5) is 33.5. The molecule has 3 aliphatic rings. The van der Waals surface area contributed by atoms with Crippen molar-refractivity contribution in [2.45, 2.75) is 63.3 Å². The maximum atomic E-state index is 12.8. The van der Waals surface area contributed by atoms with Crippen molar-refractivity contribution < 1.29 is 9.59 Å². The summed E-state index contributed by atoms with van der Waals surface area (Å²) in [6, 6.07) is 2.44. The SMILES string of the molecule is CN(C(=O)CN1CCN(CC(=O)N2CCCCCC2)CC1)C1(C#N)CCCCC1. The van der Waals surface area contributed by atoms with Crippen LogP contribution in [0.15, 0.2) is 0 Å². The third kappa shape index (κ3) is 5.70. The van der Waals surface area contributed by atoms with E-state index in [-0.39, 0.29) is 11.8 Å². The van der Waals surface area contributed by atoms with Gasteiger partial charge in [0.2, 0.25) is 11.8 Å². The van der Waals surface area contributed by atoms with Crippen LogP contribution in [0.1, 0.15) is 57.8 Å². The van der Waals surface area contributed by atoms with Crippen LogP contribution in [0.3, 0.4) is 0 Å². The van der Waals surface area contributed by atoms with Gasteiger partial charge in [-0.1, -0.05) is 32.1 Å². The predicted molar refractivity (Wildman–Crippen MR) is 112 cm³/mol. The number of piperazine rings is 1. The van der Waals surface area contributed by atoms with E-state index in [0.717, 1.165) is 84.2 Å². The fraction of sp³-hybridized carbons (Fsp3) is 0.864. The highest BCUT2D eigenvalue weighted by Crippen LogP contribution is 2.32. The molecule has 3 rings (SSSR count). The molecule has 0 atom stereocenters. The van der Waals surface area contributed by atoms with Crippen molar-refractivity contribution in [2.24, 2.45) is 0 Å². The fourth-order valence-corrected chi connectivity index (χ4v) is 4.91. The van der Waals surface area contributed by atoms with E-state index >= 15 is 0 Å². The monoisotopic (exact) mass is 403 g/mol. The molecule has 2 amide bonds. The van der Waals surface area contributed by atoms with Crippen molar-refractivity contribution in [3.8, 4) is 6.07 Å². The third-order valence-electron chi connectivity index (χ3n) is 7.05. The van der Waals surface area contributed by atoms with Crippen LogP contribution in [0, 0.1) is 11.3 Å². The number of nitriles is 1. The van der Waals surface area contributed by atoms with Crippen molar-refractivity contribution in [3.05, 3.63) is 0 Å². The van der Waals surface area contributed by atoms with Crippen molar-refractivity contribution in [1.29, 1.82) is 5.26 Å². The van der Waals surface area contributed by atoms with Crippen LogP contribution in [0.5, 0.6) is 0 Å². The molecule has 2 heterocycles. The summed E-state index contributed by atoms with van der Waals surface area (Å²) < 4.78 is 0. The average molecular weight is 404 g/mol. The first-order valence-corrected chi connectivity index (χ1v) is 11.4. The highest BCUT2D eigenvalue weighted by molar-refractivity contribution is 5.79. The first-order chi connectivity index (χ1) is 14.0. The Morgan fingerprint density at radius 1 is 0.828 bits per heavy atom. The molecule has 0 aromatic heterocycles. The Hall–Kier alpha value is -1.65. The summed E-state index contributed by atoms with van der Waals surface area (Å²) in [5.41, 5.74) is -0.614. The molecule has 0 aromatic rings. The Morgan fingerprint density at radius 3 is 1.90 bits per heavy atom. The second kappa shape index (κ2) is 10.4. The number of carbonyl (C=O) groups excluding carboxylic acids is 2. The normalized spacial score (nSPS) is 23.8. The predicted octanol–water partition coefficient (Wildman–Crippen LogP) is 1.69. The number of hydrogen-bond acceptors (Lipinski definition) is 5. The zero-order valence-electron chi connectivity index (χ0n) is 18.1. The van der Waals surface area contributed by atoms with Gasteiger partial charge < -0.3 is 9.80 Å². The second-order valence-corrected chi connectivity index (χ2v) is 9.00. The van der Waals surface area contributed by atoms with E-state index in [1.807, 2.05) is 4.90 Å². The zero-order chi connectivity index (χ0) is 20.7. The Balaban J connectivity index is 1.42. The Kier molecular flexibility index (Phi) is 7.91. The lowest BCUT2D eigenvalue weighted by atomic mass is 9.81. The van der Waals surface area contributed by atoms with Crippen molar-refractivity contribution in [3.63, 3.8) is 0 Å². The topological polar surface area (TPSA) is 70.9 Å². The quantitative estimate of drug-likeness (QED) is 0.699. The van der Waals surface area contributed by atoms with Gasteiger partial charge in [0.1, 0.15) is 5.54 Å². The largest absolute Gasteiger partial charge is 0.342 e. The number of hydrogen-bond donors (Lipinski definition) is 0. The molecule has 3 fully saturated rings. The average Bonchev–Trinajstić information content (AvgIpc) is 3.04. The highest BCUT2D eigenvalue weighted by atomic mass is 16.2. The lowest BCUT2D eigenvalue weighted by Gasteiger charge is -2.41. The molecule has 0 aromatic carbocycles. The molecule has 29 heavy (non-hydrogen) atoms. The minimum Gasteiger partial charge on any atom is -0.342 e. The molecule has 1 saturated carbocycles. The molecule has 1 aliphatic carbocycles. The van der Waals surface area contributed by atoms with Gasteiger partial charge in [-0.3, -0.25) is 19.4 Å². The minimum atomic E-state index is -0.614. The number of likely N-dealkylation sites (N-methyl/N-ethyl adjacent to an activating group) is 1. The number of carbonyl (C=O) groups is 2. The molecular weight excluding hydrogens is 366 g/mol. The van der Waals surface area contributed by atoms with Gasteiger partial charge in [0.25, 0.3) is 0 Å². The second-order valence-electron chi connectivity index (χ2n) is 9.00. The van der Waals surface area contributed by atoms with E-state index in [9.17, 15) is 14.9 Å². The first kappa shape index (κ1) is 22.0. The van der Waals surface area contributed by atoms with Crippen molar-refractivity contribution >= 4 is 11.8 Å². The van der Waals surface area contributed by atoms with Gasteiger partial charge >= 0.3 is 0 Å². The van der Waals surface area contributed by atoms with Crippen LogP contribution < -0.4 is 0 Å². The highest BCUT2D eigenvalue weighted by Gasteiger charge is 2.39. The van der Waals surface area contributed by atoms with E-state index in [2.05, 4.69) is 15.9 Å². The van der Waals surface area contributed by atoms with E-state index < -0.39 is 5.54 Å². The van der Waals surface area contributed by atoms with Gasteiger partial charge in [-0.15, -0.1) is 0 Å². The molecular formula is C22H37N5O2. The number of rotatable bonds is 5. The number of likely N-dealkylation sites (tertiary alicyclic amines) is 1. The summed E-state index contributed by atoms with van der Waals surface area (Å²) in [6.45, 7) is 5.91. The molecule has 0 radical (unpaired) electrons. The maximum absolute atomic E-state index is 12.8. The molecule has 0 spiro atoms. The van der Waals surface area contributed by atoms with Crippen LogP contribution in [0.2, 0.25) is 0 Å². The summed E-state index contributed by atoms with van der Waals surface area (Å²) in [5, 5.41) is 9.71. The van der Waals surface area contributed by atoms with Crippen LogP contribution in [-0.2, 0) is 9.59 Å². The number of amides is 2. The van der Waals surface area contributed by atoms with Gasteiger partial charge in [0.15, 0.2) is 0 Å². The summed E-state index contributed by atoms with van der Waals surface area (Å²) in [7, 11) is 1.80. The summed E-state index contributed by atoms with van der Waals surface area (Å²) in [6.07, 6.45) is 9.50. The smallest absolute Gasteiger partial charge is 0.237 e. The van der Waals surface area contributed by atoms with Gasteiger partial charge in [-0.2, -0.15) is 5.26 Å². The number of nitrogens with zero attached hydrogens (tertiary/aromatic N) is 5. The molecule has 7 heteroatoms. The van der Waals surface area contributed by atoms with Crippen LogP contribution in [0.4, 0.5) is 0 Å². The minimum absolute atomic E-state index is 0.0440. The van der Waals surface area contributed by atoms with Crippen molar-refractivity contribution in [2.75, 3.05) is 59.4 Å². The van der Waals surface area contributed by atoms with E-state index in [1.165, 1.54) is 12.8 Å². The Bertz CT molecular complexity index is 595. The zero-order valence-corrected chi connectivity index (χ0v) is 18.1. The van der Waals surface area contributed by atoms with Crippen LogP contribution in [0.25, 0.3) is 0 Å². The van der Waals surface area contributed by atoms with Gasteiger partial charge in [-0.05, 0) is 25.7 Å². The first-order valence-electron chi connectivity index (χ1n) is 11.4. The summed E-state index contributed by atoms with van der Waals surface area (Å²) >= 11 is 0. The molecule has 2 saturated heterocycles. The van der Waals surface area contributed by atoms with Gasteiger partial charge in [-0.25, -0.2) is 0 Å². The fourth-order valence-electron chi connectivity index (χ4n) is 4.91.